The number of H-pyrrole nitrogens is 1. The number of aromatic amines is 1. The van der Waals surface area contributed by atoms with Crippen LogP contribution in [0.15, 0.2) is 47.3 Å². The van der Waals surface area contributed by atoms with E-state index >= 15 is 0 Å². The van der Waals surface area contributed by atoms with Gasteiger partial charge in [0.25, 0.3) is 5.56 Å². The summed E-state index contributed by atoms with van der Waals surface area (Å²) < 4.78 is 11.7. The molecule has 0 aliphatic heterocycles. The standard InChI is InChI=1S/C22H27N3O3/c1-4-15(3)28-20-11-10-16(12-21(20)27-5-2)13-23-14-19-17-8-6-7-9-18(17)22(26)25-24-19/h6-12,15,23H,4-5,13-14H2,1-3H3,(H,25,26)/t15-/m0/s1. The third-order valence-corrected chi connectivity index (χ3v) is 4.61. The van der Waals surface area contributed by atoms with Crippen molar-refractivity contribution >= 4 is 10.8 Å². The molecule has 148 valence electrons. The number of hydrogen-bond acceptors (Lipinski definition) is 5. The summed E-state index contributed by atoms with van der Waals surface area (Å²) in [5.74, 6) is 1.53. The van der Waals surface area contributed by atoms with Gasteiger partial charge in [-0.05, 0) is 44.0 Å². The van der Waals surface area contributed by atoms with Crippen LogP contribution in [0.1, 0.15) is 38.4 Å². The summed E-state index contributed by atoms with van der Waals surface area (Å²) in [5.41, 5.74) is 1.74. The van der Waals surface area contributed by atoms with Crippen molar-refractivity contribution < 1.29 is 9.47 Å². The summed E-state index contributed by atoms with van der Waals surface area (Å²) in [6.07, 6.45) is 1.08. The van der Waals surface area contributed by atoms with Gasteiger partial charge in [0.05, 0.1) is 23.8 Å². The molecule has 3 aromatic rings. The van der Waals surface area contributed by atoms with Crippen LogP contribution >= 0.6 is 0 Å². The van der Waals surface area contributed by atoms with Gasteiger partial charge in [-0.3, -0.25) is 4.79 Å². The van der Waals surface area contributed by atoms with Crippen LogP contribution in [0, 0.1) is 0 Å². The van der Waals surface area contributed by atoms with Crippen LogP contribution in [-0.4, -0.2) is 22.9 Å². The number of benzene rings is 2. The lowest BCUT2D eigenvalue weighted by Gasteiger charge is -2.17. The van der Waals surface area contributed by atoms with Gasteiger partial charge in [-0.25, -0.2) is 5.10 Å². The molecule has 0 radical (unpaired) electrons. The number of rotatable bonds is 9. The van der Waals surface area contributed by atoms with E-state index in [9.17, 15) is 4.79 Å². The van der Waals surface area contributed by atoms with E-state index in [1.165, 1.54) is 0 Å². The van der Waals surface area contributed by atoms with Crippen molar-refractivity contribution in [1.29, 1.82) is 0 Å². The summed E-state index contributed by atoms with van der Waals surface area (Å²) in [6, 6.07) is 13.5. The number of hydrogen-bond donors (Lipinski definition) is 2. The van der Waals surface area contributed by atoms with Gasteiger partial charge in [0.2, 0.25) is 0 Å². The summed E-state index contributed by atoms with van der Waals surface area (Å²) in [7, 11) is 0. The minimum atomic E-state index is -0.169. The summed E-state index contributed by atoms with van der Waals surface area (Å²) in [6.45, 7) is 7.89. The van der Waals surface area contributed by atoms with E-state index in [0.29, 0.717) is 25.1 Å². The van der Waals surface area contributed by atoms with E-state index in [0.717, 1.165) is 34.6 Å². The number of fused-ring (bicyclic) bond motifs is 1. The number of aromatic nitrogens is 2. The molecule has 0 amide bonds. The van der Waals surface area contributed by atoms with E-state index in [1.807, 2.05) is 56.3 Å². The van der Waals surface area contributed by atoms with Crippen molar-refractivity contribution in [2.45, 2.75) is 46.4 Å². The average molecular weight is 381 g/mol. The van der Waals surface area contributed by atoms with E-state index in [4.69, 9.17) is 9.47 Å². The van der Waals surface area contributed by atoms with Crippen LogP contribution in [-0.2, 0) is 13.1 Å². The van der Waals surface area contributed by atoms with Crippen LogP contribution in [0.2, 0.25) is 0 Å². The fraction of sp³-hybridized carbons (Fsp3) is 0.364. The Balaban J connectivity index is 1.70. The molecule has 0 aliphatic rings. The predicted octanol–water partition coefficient (Wildman–Crippen LogP) is 3.79. The van der Waals surface area contributed by atoms with Gasteiger partial charge in [-0.2, -0.15) is 5.10 Å². The van der Waals surface area contributed by atoms with Crippen molar-refractivity contribution in [3.63, 3.8) is 0 Å². The fourth-order valence-electron chi connectivity index (χ4n) is 2.96. The quantitative estimate of drug-likeness (QED) is 0.590. The molecule has 2 N–H and O–H groups in total. The molecule has 0 unspecified atom stereocenters. The summed E-state index contributed by atoms with van der Waals surface area (Å²) >= 11 is 0. The van der Waals surface area contributed by atoms with E-state index in [-0.39, 0.29) is 11.7 Å². The molecule has 2 aromatic carbocycles. The lowest BCUT2D eigenvalue weighted by Crippen LogP contribution is -2.18. The molecule has 1 aromatic heterocycles. The molecule has 28 heavy (non-hydrogen) atoms. The predicted molar refractivity (Wildman–Crippen MR) is 111 cm³/mol. The maximum Gasteiger partial charge on any atom is 0.272 e. The largest absolute Gasteiger partial charge is 0.490 e. The van der Waals surface area contributed by atoms with Gasteiger partial charge < -0.3 is 14.8 Å². The second kappa shape index (κ2) is 9.37. The van der Waals surface area contributed by atoms with E-state index < -0.39 is 0 Å². The molecule has 1 atom stereocenters. The van der Waals surface area contributed by atoms with Gasteiger partial charge in [-0.1, -0.05) is 31.2 Å². The maximum absolute atomic E-state index is 11.9. The second-order valence-electron chi connectivity index (χ2n) is 6.70. The number of nitrogens with zero attached hydrogens (tertiary/aromatic N) is 1. The third-order valence-electron chi connectivity index (χ3n) is 4.61. The molecule has 6 nitrogen and oxygen atoms in total. The minimum absolute atomic E-state index is 0.141. The first-order valence-electron chi connectivity index (χ1n) is 9.71. The second-order valence-corrected chi connectivity index (χ2v) is 6.70. The van der Waals surface area contributed by atoms with Gasteiger partial charge in [0.1, 0.15) is 0 Å². The first kappa shape index (κ1) is 19.9. The Morgan fingerprint density at radius 1 is 1.07 bits per heavy atom. The van der Waals surface area contributed by atoms with Gasteiger partial charge in [0.15, 0.2) is 11.5 Å². The molecule has 6 heteroatoms. The zero-order valence-electron chi connectivity index (χ0n) is 16.6. The molecule has 1 heterocycles. The zero-order valence-corrected chi connectivity index (χ0v) is 16.6. The van der Waals surface area contributed by atoms with Crippen molar-refractivity contribution in [2.24, 2.45) is 0 Å². The van der Waals surface area contributed by atoms with Gasteiger partial charge >= 0.3 is 0 Å². The first-order valence-corrected chi connectivity index (χ1v) is 9.71. The maximum atomic E-state index is 11.9. The highest BCUT2D eigenvalue weighted by Gasteiger charge is 2.10. The molecular formula is C22H27N3O3. The topological polar surface area (TPSA) is 76.2 Å². The minimum Gasteiger partial charge on any atom is -0.490 e. The first-order chi connectivity index (χ1) is 13.6. The van der Waals surface area contributed by atoms with Crippen molar-refractivity contribution in [2.75, 3.05) is 6.61 Å². The Bertz CT molecular complexity index is 984. The zero-order chi connectivity index (χ0) is 19.9. The molecule has 0 aliphatic carbocycles. The molecule has 0 bridgehead atoms. The van der Waals surface area contributed by atoms with Crippen LogP contribution in [0.4, 0.5) is 0 Å². The highest BCUT2D eigenvalue weighted by atomic mass is 16.5. The monoisotopic (exact) mass is 381 g/mol. The number of ether oxygens (including phenoxy) is 2. The Labute approximate surface area is 164 Å². The molecular weight excluding hydrogens is 354 g/mol. The normalized spacial score (nSPS) is 12.1. The molecule has 0 spiro atoms. The van der Waals surface area contributed by atoms with Crippen molar-refractivity contribution in [3.8, 4) is 11.5 Å². The van der Waals surface area contributed by atoms with E-state index in [2.05, 4.69) is 22.4 Å². The van der Waals surface area contributed by atoms with Crippen LogP contribution in [0.25, 0.3) is 10.8 Å². The van der Waals surface area contributed by atoms with Crippen molar-refractivity contribution in [1.82, 2.24) is 15.5 Å². The third kappa shape index (κ3) is 4.70. The molecule has 0 saturated heterocycles. The Morgan fingerprint density at radius 2 is 1.86 bits per heavy atom. The molecule has 0 fully saturated rings. The fourth-order valence-corrected chi connectivity index (χ4v) is 2.96. The number of nitrogens with one attached hydrogen (secondary N) is 2. The molecule has 3 rings (SSSR count). The average Bonchev–Trinajstić information content (AvgIpc) is 2.72. The van der Waals surface area contributed by atoms with Crippen LogP contribution in [0.3, 0.4) is 0 Å². The van der Waals surface area contributed by atoms with Gasteiger partial charge in [0, 0.05) is 18.5 Å². The summed E-state index contributed by atoms with van der Waals surface area (Å²) in [5, 5.41) is 11.7. The Kier molecular flexibility index (Phi) is 6.66. The summed E-state index contributed by atoms with van der Waals surface area (Å²) in [4.78, 5) is 11.9. The molecule has 0 saturated carbocycles. The smallest absolute Gasteiger partial charge is 0.272 e. The highest BCUT2D eigenvalue weighted by molar-refractivity contribution is 5.83. The lowest BCUT2D eigenvalue weighted by atomic mass is 10.1. The van der Waals surface area contributed by atoms with E-state index in [1.54, 1.807) is 0 Å². The van der Waals surface area contributed by atoms with Crippen LogP contribution in [0.5, 0.6) is 11.5 Å². The van der Waals surface area contributed by atoms with Gasteiger partial charge in [-0.15, -0.1) is 0 Å². The van der Waals surface area contributed by atoms with Crippen molar-refractivity contribution in [3.05, 3.63) is 64.1 Å². The SMILES string of the molecule is CCOc1cc(CNCc2n[nH]c(=O)c3ccccc23)ccc1O[C@@H](C)CC. The lowest BCUT2D eigenvalue weighted by molar-refractivity contribution is 0.203. The van der Waals surface area contributed by atoms with Crippen LogP contribution < -0.4 is 20.3 Å². The Morgan fingerprint density at radius 3 is 2.61 bits per heavy atom. The highest BCUT2D eigenvalue weighted by Crippen LogP contribution is 2.29. The Hall–Kier alpha value is -2.86.